The SMILES string of the molecule is CC(C)(C)NC1=NC(c2cccc(Cl)c2)C(=O)N1. The minimum Gasteiger partial charge on any atom is -0.351 e. The van der Waals surface area contributed by atoms with Gasteiger partial charge in [0.15, 0.2) is 12.0 Å². The molecular weight excluding hydrogens is 250 g/mol. The first-order valence-corrected chi connectivity index (χ1v) is 6.15. The molecule has 0 fully saturated rings. The lowest BCUT2D eigenvalue weighted by molar-refractivity contribution is -0.120. The highest BCUT2D eigenvalue weighted by Crippen LogP contribution is 2.23. The highest BCUT2D eigenvalue weighted by molar-refractivity contribution is 6.30. The average molecular weight is 266 g/mol. The second kappa shape index (κ2) is 4.61. The van der Waals surface area contributed by atoms with Gasteiger partial charge in [0.2, 0.25) is 0 Å². The number of rotatable bonds is 1. The Hall–Kier alpha value is -1.55. The zero-order valence-corrected chi connectivity index (χ0v) is 11.4. The molecule has 0 aromatic heterocycles. The molecule has 1 atom stereocenters. The van der Waals surface area contributed by atoms with Gasteiger partial charge in [0.05, 0.1) is 0 Å². The van der Waals surface area contributed by atoms with Gasteiger partial charge in [-0.2, -0.15) is 0 Å². The average Bonchev–Trinajstić information content (AvgIpc) is 2.56. The maximum atomic E-state index is 11.9. The van der Waals surface area contributed by atoms with Crippen molar-refractivity contribution in [3.8, 4) is 0 Å². The van der Waals surface area contributed by atoms with E-state index in [9.17, 15) is 4.79 Å². The molecule has 1 heterocycles. The molecule has 4 nitrogen and oxygen atoms in total. The molecule has 1 aliphatic rings. The van der Waals surface area contributed by atoms with Crippen LogP contribution >= 0.6 is 11.6 Å². The topological polar surface area (TPSA) is 53.5 Å². The minimum atomic E-state index is -0.520. The Bertz CT molecular complexity index is 505. The number of carbonyl (C=O) groups is 1. The first-order valence-electron chi connectivity index (χ1n) is 5.77. The van der Waals surface area contributed by atoms with E-state index < -0.39 is 6.04 Å². The van der Waals surface area contributed by atoms with Crippen LogP contribution in [-0.4, -0.2) is 17.4 Å². The lowest BCUT2D eigenvalue weighted by Crippen LogP contribution is -2.46. The molecule has 0 saturated heterocycles. The van der Waals surface area contributed by atoms with Crippen LogP contribution in [0.5, 0.6) is 0 Å². The van der Waals surface area contributed by atoms with Crippen molar-refractivity contribution in [2.24, 2.45) is 4.99 Å². The van der Waals surface area contributed by atoms with Crippen molar-refractivity contribution in [3.63, 3.8) is 0 Å². The maximum absolute atomic E-state index is 11.9. The van der Waals surface area contributed by atoms with E-state index >= 15 is 0 Å². The third-order valence-corrected chi connectivity index (χ3v) is 2.64. The van der Waals surface area contributed by atoms with Gasteiger partial charge in [-0.1, -0.05) is 23.7 Å². The van der Waals surface area contributed by atoms with Gasteiger partial charge < -0.3 is 5.32 Å². The Morgan fingerprint density at radius 1 is 1.39 bits per heavy atom. The third-order valence-electron chi connectivity index (χ3n) is 2.41. The van der Waals surface area contributed by atoms with Gasteiger partial charge in [0.25, 0.3) is 5.91 Å². The Morgan fingerprint density at radius 2 is 2.11 bits per heavy atom. The van der Waals surface area contributed by atoms with E-state index in [1.807, 2.05) is 32.9 Å². The van der Waals surface area contributed by atoms with Gasteiger partial charge in [0.1, 0.15) is 0 Å². The van der Waals surface area contributed by atoms with Crippen molar-refractivity contribution in [1.29, 1.82) is 0 Å². The summed E-state index contributed by atoms with van der Waals surface area (Å²) in [6.07, 6.45) is 0. The predicted octanol–water partition coefficient (Wildman–Crippen LogP) is 2.25. The van der Waals surface area contributed by atoms with Crippen LogP contribution in [0.4, 0.5) is 0 Å². The van der Waals surface area contributed by atoms with E-state index in [1.165, 1.54) is 0 Å². The quantitative estimate of drug-likeness (QED) is 0.818. The Balaban J connectivity index is 2.22. The smallest absolute Gasteiger partial charge is 0.256 e. The first-order chi connectivity index (χ1) is 8.35. The third kappa shape index (κ3) is 3.01. The molecule has 0 bridgehead atoms. The molecule has 1 amide bonds. The van der Waals surface area contributed by atoms with Crippen LogP contribution in [0.1, 0.15) is 32.4 Å². The van der Waals surface area contributed by atoms with Crippen LogP contribution in [0.25, 0.3) is 0 Å². The zero-order valence-electron chi connectivity index (χ0n) is 10.6. The molecule has 1 unspecified atom stereocenters. The molecule has 1 aliphatic heterocycles. The van der Waals surface area contributed by atoms with Crippen molar-refractivity contribution >= 4 is 23.5 Å². The van der Waals surface area contributed by atoms with Crippen LogP contribution in [0, 0.1) is 0 Å². The summed E-state index contributed by atoms with van der Waals surface area (Å²) in [5.74, 6) is 0.376. The molecule has 2 N–H and O–H groups in total. The van der Waals surface area contributed by atoms with Gasteiger partial charge in [-0.25, -0.2) is 4.99 Å². The van der Waals surface area contributed by atoms with Gasteiger partial charge in [0, 0.05) is 10.6 Å². The summed E-state index contributed by atoms with van der Waals surface area (Å²) in [6.45, 7) is 6.02. The fourth-order valence-electron chi connectivity index (χ4n) is 1.73. The van der Waals surface area contributed by atoms with Crippen LogP contribution in [0.3, 0.4) is 0 Å². The normalized spacial score (nSPS) is 19.4. The van der Waals surface area contributed by atoms with Crippen LogP contribution in [0.2, 0.25) is 5.02 Å². The molecule has 1 aromatic carbocycles. The number of nitrogens with one attached hydrogen (secondary N) is 2. The standard InChI is InChI=1S/C13H16ClN3O/c1-13(2,3)17-12-15-10(11(18)16-12)8-5-4-6-9(14)7-8/h4-7,10H,1-3H3,(H2,15,16,17,18). The summed E-state index contributed by atoms with van der Waals surface area (Å²) in [6, 6.07) is 6.68. The number of carbonyl (C=O) groups excluding carboxylic acids is 1. The zero-order chi connectivity index (χ0) is 13.3. The number of amides is 1. The highest BCUT2D eigenvalue weighted by atomic mass is 35.5. The van der Waals surface area contributed by atoms with Gasteiger partial charge in [-0.05, 0) is 38.5 Å². The van der Waals surface area contributed by atoms with E-state index in [0.717, 1.165) is 5.56 Å². The molecule has 0 saturated carbocycles. The fourth-order valence-corrected chi connectivity index (χ4v) is 1.93. The van der Waals surface area contributed by atoms with Crippen molar-refractivity contribution in [2.75, 3.05) is 0 Å². The molecule has 0 spiro atoms. The number of aliphatic imine (C=N–C) groups is 1. The van der Waals surface area contributed by atoms with E-state index in [-0.39, 0.29) is 11.4 Å². The van der Waals surface area contributed by atoms with Gasteiger partial charge in [-0.15, -0.1) is 0 Å². The summed E-state index contributed by atoms with van der Waals surface area (Å²) in [5, 5.41) is 6.49. The predicted molar refractivity (Wildman–Crippen MR) is 72.7 cm³/mol. The Labute approximate surface area is 111 Å². The molecule has 5 heteroatoms. The van der Waals surface area contributed by atoms with E-state index in [2.05, 4.69) is 15.6 Å². The second-order valence-electron chi connectivity index (χ2n) is 5.30. The number of nitrogens with zero attached hydrogens (tertiary/aromatic N) is 1. The Morgan fingerprint density at radius 3 is 2.72 bits per heavy atom. The summed E-state index contributed by atoms with van der Waals surface area (Å²) in [7, 11) is 0. The van der Waals surface area contributed by atoms with Crippen LogP contribution < -0.4 is 10.6 Å². The van der Waals surface area contributed by atoms with Gasteiger partial charge in [-0.3, -0.25) is 10.1 Å². The summed E-state index contributed by atoms with van der Waals surface area (Å²) < 4.78 is 0. The number of hydrogen-bond donors (Lipinski definition) is 2. The van der Waals surface area contributed by atoms with Crippen LogP contribution in [0.15, 0.2) is 29.3 Å². The van der Waals surface area contributed by atoms with Gasteiger partial charge >= 0.3 is 0 Å². The first kappa shape index (κ1) is 12.9. The fraction of sp³-hybridized carbons (Fsp3) is 0.385. The minimum absolute atomic E-state index is 0.135. The number of guanidine groups is 1. The molecule has 18 heavy (non-hydrogen) atoms. The lowest BCUT2D eigenvalue weighted by atomic mass is 10.1. The molecule has 0 radical (unpaired) electrons. The molecule has 1 aromatic rings. The van der Waals surface area contributed by atoms with Crippen LogP contribution in [-0.2, 0) is 4.79 Å². The van der Waals surface area contributed by atoms with Crippen molar-refractivity contribution in [2.45, 2.75) is 32.4 Å². The summed E-state index contributed by atoms with van der Waals surface area (Å²) in [4.78, 5) is 16.2. The number of hydrogen-bond acceptors (Lipinski definition) is 3. The van der Waals surface area contributed by atoms with E-state index in [1.54, 1.807) is 12.1 Å². The Kier molecular flexibility index (Phi) is 3.30. The molecule has 2 rings (SSSR count). The monoisotopic (exact) mass is 265 g/mol. The highest BCUT2D eigenvalue weighted by Gasteiger charge is 2.29. The largest absolute Gasteiger partial charge is 0.351 e. The molecule has 96 valence electrons. The van der Waals surface area contributed by atoms with Crippen molar-refractivity contribution < 1.29 is 4.79 Å². The second-order valence-corrected chi connectivity index (χ2v) is 5.74. The van der Waals surface area contributed by atoms with E-state index in [4.69, 9.17) is 11.6 Å². The lowest BCUT2D eigenvalue weighted by Gasteiger charge is -2.21. The molecular formula is C13H16ClN3O. The summed E-state index contributed by atoms with van der Waals surface area (Å²) >= 11 is 5.92. The van der Waals surface area contributed by atoms with Crippen molar-refractivity contribution in [1.82, 2.24) is 10.6 Å². The molecule has 0 aliphatic carbocycles. The number of halogens is 1. The summed E-state index contributed by atoms with van der Waals surface area (Å²) in [5.41, 5.74) is 0.653. The van der Waals surface area contributed by atoms with E-state index in [0.29, 0.717) is 11.0 Å². The number of benzene rings is 1. The maximum Gasteiger partial charge on any atom is 0.256 e. The van der Waals surface area contributed by atoms with Crippen molar-refractivity contribution in [3.05, 3.63) is 34.9 Å².